The maximum atomic E-state index is 6.20. The minimum absolute atomic E-state index is 0.653. The van der Waals surface area contributed by atoms with E-state index in [4.69, 9.17) is 27.9 Å². The van der Waals surface area contributed by atoms with Crippen molar-refractivity contribution in [2.24, 2.45) is 0 Å². The fraction of sp³-hybridized carbons (Fsp3) is 0.0909. The van der Waals surface area contributed by atoms with Crippen LogP contribution in [0.25, 0.3) is 17.1 Å². The van der Waals surface area contributed by atoms with Crippen molar-refractivity contribution in [2.45, 2.75) is 10.9 Å². The van der Waals surface area contributed by atoms with Crippen LogP contribution in [-0.2, 0) is 5.75 Å². The van der Waals surface area contributed by atoms with Gasteiger partial charge in [-0.25, -0.2) is 0 Å². The van der Waals surface area contributed by atoms with Gasteiger partial charge in [-0.15, -0.1) is 10.2 Å². The van der Waals surface area contributed by atoms with Gasteiger partial charge in [-0.2, -0.15) is 0 Å². The third-order valence-electron chi connectivity index (χ3n) is 4.33. The number of nitrogens with zero attached hydrogens (tertiary/aromatic N) is 3. The lowest BCUT2D eigenvalue weighted by molar-refractivity contribution is 0.414. The lowest BCUT2D eigenvalue weighted by Gasteiger charge is -2.11. The van der Waals surface area contributed by atoms with Crippen LogP contribution in [0.2, 0.25) is 10.0 Å². The van der Waals surface area contributed by atoms with E-state index in [0.717, 1.165) is 33.7 Å². The van der Waals surface area contributed by atoms with Crippen LogP contribution >= 0.6 is 35.0 Å². The highest BCUT2D eigenvalue weighted by atomic mass is 35.5. The van der Waals surface area contributed by atoms with Gasteiger partial charge in [-0.05, 0) is 54.1 Å². The van der Waals surface area contributed by atoms with Crippen molar-refractivity contribution < 1.29 is 4.74 Å². The van der Waals surface area contributed by atoms with Crippen molar-refractivity contribution in [3.05, 3.63) is 88.4 Å². The van der Waals surface area contributed by atoms with Gasteiger partial charge < -0.3 is 4.74 Å². The molecule has 0 N–H and O–H groups in total. The number of ether oxygens (including phenoxy) is 1. The molecule has 3 aromatic carbocycles. The summed E-state index contributed by atoms with van der Waals surface area (Å²) in [7, 11) is 1.66. The lowest BCUT2D eigenvalue weighted by Crippen LogP contribution is -1.99. The molecule has 4 aromatic rings. The van der Waals surface area contributed by atoms with Crippen molar-refractivity contribution in [3.63, 3.8) is 0 Å². The zero-order chi connectivity index (χ0) is 20.2. The fourth-order valence-electron chi connectivity index (χ4n) is 2.87. The quantitative estimate of drug-likeness (QED) is 0.318. The van der Waals surface area contributed by atoms with Crippen molar-refractivity contribution >= 4 is 35.0 Å². The Hall–Kier alpha value is -2.47. The van der Waals surface area contributed by atoms with Gasteiger partial charge in [0.05, 0.1) is 7.11 Å². The zero-order valence-corrected chi connectivity index (χ0v) is 17.9. The number of halogens is 2. The third kappa shape index (κ3) is 4.58. The molecule has 0 radical (unpaired) electrons. The molecule has 1 aromatic heterocycles. The molecule has 0 aliphatic heterocycles. The predicted octanol–water partition coefficient (Wildman–Crippen LogP) is 6.54. The largest absolute Gasteiger partial charge is 0.497 e. The summed E-state index contributed by atoms with van der Waals surface area (Å²) in [6, 6.07) is 23.2. The van der Waals surface area contributed by atoms with E-state index in [-0.39, 0.29) is 0 Å². The van der Waals surface area contributed by atoms with Gasteiger partial charge in [0.25, 0.3) is 0 Å². The maximum Gasteiger partial charge on any atom is 0.196 e. The van der Waals surface area contributed by atoms with Crippen LogP contribution in [0, 0.1) is 0 Å². The molecule has 0 amide bonds. The Morgan fingerprint density at radius 3 is 2.34 bits per heavy atom. The number of rotatable bonds is 6. The highest BCUT2D eigenvalue weighted by molar-refractivity contribution is 7.98. The number of methoxy groups -OCH3 is 1. The topological polar surface area (TPSA) is 39.9 Å². The molecule has 146 valence electrons. The van der Waals surface area contributed by atoms with Crippen molar-refractivity contribution in [1.29, 1.82) is 0 Å². The van der Waals surface area contributed by atoms with Gasteiger partial charge in [-0.3, -0.25) is 4.57 Å². The summed E-state index contributed by atoms with van der Waals surface area (Å²) in [5.41, 5.74) is 3.01. The van der Waals surface area contributed by atoms with Crippen molar-refractivity contribution in [3.8, 4) is 22.8 Å². The second-order valence-corrected chi connectivity index (χ2v) is 8.08. The summed E-state index contributed by atoms with van der Waals surface area (Å²) >= 11 is 13.9. The van der Waals surface area contributed by atoms with E-state index in [1.165, 1.54) is 5.56 Å². The van der Waals surface area contributed by atoms with Gasteiger partial charge in [0.2, 0.25) is 0 Å². The fourth-order valence-corrected chi connectivity index (χ4v) is 4.09. The van der Waals surface area contributed by atoms with E-state index < -0.39 is 0 Å². The first-order valence-corrected chi connectivity index (χ1v) is 10.6. The third-order valence-corrected chi connectivity index (χ3v) is 5.82. The predicted molar refractivity (Wildman–Crippen MR) is 119 cm³/mol. The van der Waals surface area contributed by atoms with Crippen LogP contribution in [0.4, 0.5) is 0 Å². The van der Waals surface area contributed by atoms with Crippen LogP contribution in [0.15, 0.2) is 78.0 Å². The highest BCUT2D eigenvalue weighted by Crippen LogP contribution is 2.31. The molecule has 0 bridgehead atoms. The molecule has 0 saturated carbocycles. The van der Waals surface area contributed by atoms with Gasteiger partial charge in [-0.1, -0.05) is 59.2 Å². The van der Waals surface area contributed by atoms with E-state index in [1.807, 2.05) is 77.4 Å². The number of aromatic nitrogens is 3. The summed E-state index contributed by atoms with van der Waals surface area (Å²) in [4.78, 5) is 0. The molecular formula is C22H17Cl2N3OS. The van der Waals surface area contributed by atoms with E-state index in [9.17, 15) is 0 Å². The zero-order valence-electron chi connectivity index (χ0n) is 15.5. The number of hydrogen-bond acceptors (Lipinski definition) is 4. The average molecular weight is 442 g/mol. The van der Waals surface area contributed by atoms with Gasteiger partial charge >= 0.3 is 0 Å². The molecule has 0 aliphatic rings. The summed E-state index contributed by atoms with van der Waals surface area (Å²) in [5.74, 6) is 2.32. The SMILES string of the molecule is COc1ccc(CSc2nnc(-c3cccc(Cl)c3)n2-c2ccc(Cl)cc2)cc1. The molecule has 29 heavy (non-hydrogen) atoms. The van der Waals surface area contributed by atoms with Crippen LogP contribution < -0.4 is 4.74 Å². The second-order valence-electron chi connectivity index (χ2n) is 6.27. The van der Waals surface area contributed by atoms with Crippen LogP contribution in [0.3, 0.4) is 0 Å². The minimum Gasteiger partial charge on any atom is -0.497 e. The maximum absolute atomic E-state index is 6.20. The van der Waals surface area contributed by atoms with Gasteiger partial charge in [0.1, 0.15) is 5.75 Å². The van der Waals surface area contributed by atoms with E-state index >= 15 is 0 Å². The first kappa shape index (κ1) is 19.8. The number of benzene rings is 3. The average Bonchev–Trinajstić information content (AvgIpc) is 3.17. The summed E-state index contributed by atoms with van der Waals surface area (Å²) < 4.78 is 7.25. The molecule has 7 heteroatoms. The second kappa shape index (κ2) is 8.91. The molecule has 4 rings (SSSR count). The summed E-state index contributed by atoms with van der Waals surface area (Å²) in [5, 5.41) is 11.0. The Labute approximate surface area is 183 Å². The summed E-state index contributed by atoms with van der Waals surface area (Å²) in [6.07, 6.45) is 0. The van der Waals surface area contributed by atoms with Crippen molar-refractivity contribution in [1.82, 2.24) is 14.8 Å². The molecule has 0 spiro atoms. The van der Waals surface area contributed by atoms with Crippen LogP contribution in [0.1, 0.15) is 5.56 Å². The molecule has 0 atom stereocenters. The first-order chi connectivity index (χ1) is 14.1. The molecular weight excluding hydrogens is 425 g/mol. The monoisotopic (exact) mass is 441 g/mol. The van der Waals surface area contributed by atoms with Crippen molar-refractivity contribution in [2.75, 3.05) is 7.11 Å². The normalized spacial score (nSPS) is 10.9. The van der Waals surface area contributed by atoms with Gasteiger partial charge in [0, 0.05) is 27.0 Å². The van der Waals surface area contributed by atoms with Gasteiger partial charge in [0.15, 0.2) is 11.0 Å². The standard InChI is InChI=1S/C22H17Cl2N3OS/c1-28-20-11-5-15(6-12-20)14-29-22-26-25-21(16-3-2-4-18(24)13-16)27(22)19-9-7-17(23)8-10-19/h2-13H,14H2,1H3. The van der Waals surface area contributed by atoms with Crippen LogP contribution in [-0.4, -0.2) is 21.9 Å². The van der Waals surface area contributed by atoms with E-state index in [1.54, 1.807) is 18.9 Å². The molecule has 0 aliphatic carbocycles. The lowest BCUT2D eigenvalue weighted by atomic mass is 10.2. The Kier molecular flexibility index (Phi) is 6.09. The Morgan fingerprint density at radius 2 is 1.66 bits per heavy atom. The molecule has 0 unspecified atom stereocenters. The summed E-state index contributed by atoms with van der Waals surface area (Å²) in [6.45, 7) is 0. The van der Waals surface area contributed by atoms with E-state index in [0.29, 0.717) is 10.0 Å². The van der Waals surface area contributed by atoms with Crippen LogP contribution in [0.5, 0.6) is 5.75 Å². The molecule has 4 nitrogen and oxygen atoms in total. The smallest absolute Gasteiger partial charge is 0.196 e. The molecule has 1 heterocycles. The highest BCUT2D eigenvalue weighted by Gasteiger charge is 2.16. The van der Waals surface area contributed by atoms with E-state index in [2.05, 4.69) is 10.2 Å². The molecule has 0 fully saturated rings. The minimum atomic E-state index is 0.653. The Bertz CT molecular complexity index is 1110. The Morgan fingerprint density at radius 1 is 0.897 bits per heavy atom. The Balaban J connectivity index is 1.70. The molecule has 0 saturated heterocycles. The number of thioether (sulfide) groups is 1. The first-order valence-electron chi connectivity index (χ1n) is 8.87. The number of hydrogen-bond donors (Lipinski definition) is 0.